The Balaban J connectivity index is 3.42. The number of hydrazine groups is 2. The van der Waals surface area contributed by atoms with E-state index < -0.39 is 0 Å². The van der Waals surface area contributed by atoms with Gasteiger partial charge in [0, 0.05) is 19.6 Å². The Morgan fingerprint density at radius 3 is 1.50 bits per heavy atom. The Hall–Kier alpha value is -0.200. The highest BCUT2D eigenvalue weighted by Gasteiger charge is 2.03. The largest absolute Gasteiger partial charge is 0.316 e. The quantitative estimate of drug-likeness (QED) is 0.110. The van der Waals surface area contributed by atoms with Crippen LogP contribution < -0.4 is 21.9 Å². The molecule has 0 saturated carbocycles. The first-order chi connectivity index (χ1) is 13.7. The lowest BCUT2D eigenvalue weighted by Crippen LogP contribution is -2.49. The third-order valence-corrected chi connectivity index (χ3v) is 5.43. The van der Waals surface area contributed by atoms with Crippen LogP contribution in [-0.2, 0) is 0 Å². The van der Waals surface area contributed by atoms with Crippen molar-refractivity contribution >= 4 is 0 Å². The molecular formula is C23H53N5. The smallest absolute Gasteiger partial charge is 0.0543 e. The summed E-state index contributed by atoms with van der Waals surface area (Å²) < 4.78 is 0. The van der Waals surface area contributed by atoms with E-state index in [0.717, 1.165) is 26.1 Å². The molecule has 0 aromatic carbocycles. The number of hydrogen-bond donors (Lipinski definition) is 4. The fraction of sp³-hybridized carbons (Fsp3) is 1.00. The molecule has 0 saturated heterocycles. The molecule has 5 nitrogen and oxygen atoms in total. The summed E-state index contributed by atoms with van der Waals surface area (Å²) >= 11 is 0. The Bertz CT molecular complexity index is 278. The summed E-state index contributed by atoms with van der Waals surface area (Å²) in [4.78, 5) is 0. The van der Waals surface area contributed by atoms with E-state index in [1.165, 1.54) is 96.3 Å². The van der Waals surface area contributed by atoms with Crippen LogP contribution in [0.25, 0.3) is 0 Å². The molecule has 0 aromatic rings. The molecule has 170 valence electrons. The molecule has 0 heterocycles. The number of nitrogens with two attached hydrogens (primary N) is 1. The first-order valence-electron chi connectivity index (χ1n) is 12.4. The van der Waals surface area contributed by atoms with Crippen LogP contribution in [-0.4, -0.2) is 38.0 Å². The Morgan fingerprint density at radius 1 is 0.643 bits per heavy atom. The number of hydrogen-bond acceptors (Lipinski definition) is 5. The van der Waals surface area contributed by atoms with E-state index in [1.54, 1.807) is 0 Å². The van der Waals surface area contributed by atoms with Gasteiger partial charge in [0.2, 0.25) is 0 Å². The fourth-order valence-electron chi connectivity index (χ4n) is 3.37. The van der Waals surface area contributed by atoms with Gasteiger partial charge < -0.3 is 11.1 Å². The topological polar surface area (TPSA) is 65.3 Å². The van der Waals surface area contributed by atoms with Gasteiger partial charge in [-0.1, -0.05) is 90.9 Å². The molecule has 1 unspecified atom stereocenters. The average Bonchev–Trinajstić information content (AvgIpc) is 2.71. The van der Waals surface area contributed by atoms with Crippen molar-refractivity contribution in [2.24, 2.45) is 5.73 Å². The average molecular weight is 400 g/mol. The van der Waals surface area contributed by atoms with Crippen LogP contribution in [0.2, 0.25) is 0 Å². The zero-order valence-electron chi connectivity index (χ0n) is 19.5. The third kappa shape index (κ3) is 20.5. The van der Waals surface area contributed by atoms with Gasteiger partial charge >= 0.3 is 0 Å². The van der Waals surface area contributed by atoms with E-state index in [0.29, 0.717) is 0 Å². The van der Waals surface area contributed by atoms with E-state index in [2.05, 4.69) is 35.1 Å². The molecule has 0 amide bonds. The van der Waals surface area contributed by atoms with E-state index in [4.69, 9.17) is 5.73 Å². The molecule has 0 fully saturated rings. The number of nitrogens with zero attached hydrogens (tertiary/aromatic N) is 1. The van der Waals surface area contributed by atoms with Crippen LogP contribution in [0.3, 0.4) is 0 Å². The maximum absolute atomic E-state index is 5.85. The van der Waals surface area contributed by atoms with Crippen molar-refractivity contribution < 1.29 is 0 Å². The van der Waals surface area contributed by atoms with Crippen molar-refractivity contribution in [3.63, 3.8) is 0 Å². The normalized spacial score (nSPS) is 12.8. The van der Waals surface area contributed by atoms with Gasteiger partial charge in [0.1, 0.15) is 0 Å². The van der Waals surface area contributed by atoms with Gasteiger partial charge in [-0.25, -0.2) is 10.9 Å². The summed E-state index contributed by atoms with van der Waals surface area (Å²) in [6.45, 7) is 7.77. The van der Waals surface area contributed by atoms with Crippen LogP contribution in [0.4, 0.5) is 0 Å². The van der Waals surface area contributed by atoms with Crippen molar-refractivity contribution in [1.82, 2.24) is 21.3 Å². The van der Waals surface area contributed by atoms with Gasteiger partial charge in [0.15, 0.2) is 0 Å². The summed E-state index contributed by atoms with van der Waals surface area (Å²) in [7, 11) is 1.94. The predicted molar refractivity (Wildman–Crippen MR) is 125 cm³/mol. The van der Waals surface area contributed by atoms with Crippen LogP contribution >= 0.6 is 0 Å². The van der Waals surface area contributed by atoms with Gasteiger partial charge in [-0.15, -0.1) is 0 Å². The fourth-order valence-corrected chi connectivity index (χ4v) is 3.37. The second-order valence-corrected chi connectivity index (χ2v) is 8.25. The van der Waals surface area contributed by atoms with Crippen molar-refractivity contribution in [2.75, 3.05) is 26.7 Å². The second-order valence-electron chi connectivity index (χ2n) is 8.25. The molecule has 0 rings (SSSR count). The Morgan fingerprint density at radius 2 is 1.07 bits per heavy atom. The van der Waals surface area contributed by atoms with Crippen molar-refractivity contribution in [3.05, 3.63) is 0 Å². The first kappa shape index (κ1) is 27.8. The maximum Gasteiger partial charge on any atom is 0.0543 e. The zero-order chi connectivity index (χ0) is 20.7. The van der Waals surface area contributed by atoms with Gasteiger partial charge in [0.25, 0.3) is 0 Å². The summed E-state index contributed by atoms with van der Waals surface area (Å²) in [6.07, 6.45) is 21.3. The van der Waals surface area contributed by atoms with Gasteiger partial charge in [-0.05, 0) is 32.7 Å². The summed E-state index contributed by atoms with van der Waals surface area (Å²) in [6, 6.07) is 0. The molecule has 0 aliphatic heterocycles. The lowest BCUT2D eigenvalue weighted by molar-refractivity contribution is 0.109. The zero-order valence-corrected chi connectivity index (χ0v) is 19.5. The molecule has 0 aliphatic rings. The minimum absolute atomic E-state index is 0.186. The molecule has 0 aliphatic carbocycles. The van der Waals surface area contributed by atoms with Gasteiger partial charge in [-0.2, -0.15) is 5.12 Å². The van der Waals surface area contributed by atoms with Gasteiger partial charge in [0.05, 0.1) is 6.17 Å². The first-order valence-corrected chi connectivity index (χ1v) is 12.4. The third-order valence-electron chi connectivity index (χ3n) is 5.43. The van der Waals surface area contributed by atoms with Crippen LogP contribution in [0.5, 0.6) is 0 Å². The van der Waals surface area contributed by atoms with E-state index in [-0.39, 0.29) is 6.17 Å². The van der Waals surface area contributed by atoms with Crippen LogP contribution in [0.1, 0.15) is 117 Å². The van der Waals surface area contributed by atoms with Crippen molar-refractivity contribution in [3.8, 4) is 0 Å². The molecule has 0 radical (unpaired) electrons. The highest BCUT2D eigenvalue weighted by molar-refractivity contribution is 4.56. The highest BCUT2D eigenvalue weighted by atomic mass is 15.7. The molecule has 1 atom stereocenters. The Kier molecular flexibility index (Phi) is 22.9. The molecule has 28 heavy (non-hydrogen) atoms. The SMILES string of the molecule is CCCCNN(CCCCCCCCCCCCCC(N)NC)NCCCC. The summed E-state index contributed by atoms with van der Waals surface area (Å²) in [5.41, 5.74) is 12.9. The van der Waals surface area contributed by atoms with E-state index in [1.807, 2.05) is 7.05 Å². The van der Waals surface area contributed by atoms with Crippen molar-refractivity contribution in [1.29, 1.82) is 0 Å². The molecule has 0 spiro atoms. The Labute approximate surface area is 176 Å². The highest BCUT2D eigenvalue weighted by Crippen LogP contribution is 2.12. The molecule has 5 heteroatoms. The number of unbranched alkanes of at least 4 members (excludes halogenated alkanes) is 12. The minimum atomic E-state index is 0.186. The summed E-state index contributed by atoms with van der Waals surface area (Å²) in [5.74, 6) is 0. The van der Waals surface area contributed by atoms with Crippen LogP contribution in [0, 0.1) is 0 Å². The van der Waals surface area contributed by atoms with E-state index in [9.17, 15) is 0 Å². The monoisotopic (exact) mass is 399 g/mol. The lowest BCUT2D eigenvalue weighted by Gasteiger charge is -2.24. The molecule has 0 aromatic heterocycles. The molecule has 5 N–H and O–H groups in total. The van der Waals surface area contributed by atoms with Crippen LogP contribution in [0.15, 0.2) is 0 Å². The molecular weight excluding hydrogens is 346 g/mol. The maximum atomic E-state index is 5.85. The van der Waals surface area contributed by atoms with E-state index >= 15 is 0 Å². The number of rotatable bonds is 23. The summed E-state index contributed by atoms with van der Waals surface area (Å²) in [5, 5.41) is 5.35. The predicted octanol–water partition coefficient (Wildman–Crippen LogP) is 5.08. The lowest BCUT2D eigenvalue weighted by atomic mass is 10.0. The standard InChI is InChI=1S/C23H53N5/c1-4-6-20-26-28(27-21-7-5-2)22-18-16-14-12-10-8-9-11-13-15-17-19-23(24)25-3/h23,25-27H,4-22,24H2,1-3H3. The van der Waals surface area contributed by atoms with Gasteiger partial charge in [-0.3, -0.25) is 0 Å². The molecule has 0 bridgehead atoms. The number of nitrogens with one attached hydrogen (secondary N) is 3. The van der Waals surface area contributed by atoms with Crippen molar-refractivity contribution in [2.45, 2.75) is 123 Å². The minimum Gasteiger partial charge on any atom is -0.316 e. The second kappa shape index (κ2) is 23.1.